The number of halogens is 2. The van der Waals surface area contributed by atoms with Crippen molar-refractivity contribution in [2.24, 2.45) is 0 Å². The van der Waals surface area contributed by atoms with Crippen LogP contribution < -0.4 is 0 Å². The Hall–Kier alpha value is -1.32. The molecule has 0 fully saturated rings. The van der Waals surface area contributed by atoms with Gasteiger partial charge in [0.05, 0.1) is 5.52 Å². The van der Waals surface area contributed by atoms with Crippen LogP contribution in [0, 0.1) is 0 Å². The first-order valence-corrected chi connectivity index (χ1v) is 6.22. The summed E-state index contributed by atoms with van der Waals surface area (Å²) in [5.74, 6) is -0.175. The lowest BCUT2D eigenvalue weighted by Crippen LogP contribution is -2.25. The standard InChI is InChI=1S/C13H12Cl2N2O/c1-17(2)13(18)11(15)9-5-6-10(14)8-4-3-7-16-12(8)9/h3-7,11H,1-2H3. The van der Waals surface area contributed by atoms with Crippen LogP contribution in [0.5, 0.6) is 0 Å². The molecule has 1 amide bonds. The van der Waals surface area contributed by atoms with E-state index in [4.69, 9.17) is 23.2 Å². The van der Waals surface area contributed by atoms with E-state index in [1.54, 1.807) is 38.5 Å². The molecule has 1 unspecified atom stereocenters. The molecule has 1 atom stereocenters. The molecule has 0 N–H and O–H groups in total. The normalized spacial score (nSPS) is 12.4. The number of fused-ring (bicyclic) bond motifs is 1. The van der Waals surface area contributed by atoms with Crippen molar-refractivity contribution < 1.29 is 4.79 Å². The Morgan fingerprint density at radius 1 is 1.33 bits per heavy atom. The van der Waals surface area contributed by atoms with E-state index in [2.05, 4.69) is 4.98 Å². The number of hydrogen-bond acceptors (Lipinski definition) is 2. The largest absolute Gasteiger partial charge is 0.347 e. The molecule has 0 aliphatic rings. The first-order valence-electron chi connectivity index (χ1n) is 5.40. The lowest BCUT2D eigenvalue weighted by Gasteiger charge is -2.16. The van der Waals surface area contributed by atoms with Crippen LogP contribution in [-0.4, -0.2) is 29.9 Å². The van der Waals surface area contributed by atoms with Crippen LogP contribution in [0.4, 0.5) is 0 Å². The second kappa shape index (κ2) is 5.12. The van der Waals surface area contributed by atoms with Gasteiger partial charge in [0, 0.05) is 36.3 Å². The molecule has 0 saturated carbocycles. The maximum absolute atomic E-state index is 11.9. The average molecular weight is 283 g/mol. The van der Waals surface area contributed by atoms with Gasteiger partial charge in [-0.2, -0.15) is 0 Å². The van der Waals surface area contributed by atoms with Crippen molar-refractivity contribution in [3.63, 3.8) is 0 Å². The molecular weight excluding hydrogens is 271 g/mol. The van der Waals surface area contributed by atoms with Crippen molar-refractivity contribution in [1.29, 1.82) is 0 Å². The minimum atomic E-state index is -0.755. The van der Waals surface area contributed by atoms with Crippen LogP contribution in [0.3, 0.4) is 0 Å². The first kappa shape index (κ1) is 13.1. The number of nitrogens with zero attached hydrogens (tertiary/aromatic N) is 2. The summed E-state index contributed by atoms with van der Waals surface area (Å²) in [6, 6.07) is 7.14. The Labute approximate surface area is 115 Å². The van der Waals surface area contributed by atoms with E-state index in [-0.39, 0.29) is 5.91 Å². The van der Waals surface area contributed by atoms with Gasteiger partial charge in [0.2, 0.25) is 5.91 Å². The predicted molar refractivity (Wildman–Crippen MR) is 74.0 cm³/mol. The zero-order chi connectivity index (χ0) is 13.3. The number of alkyl halides is 1. The van der Waals surface area contributed by atoms with Gasteiger partial charge in [0.25, 0.3) is 0 Å². The van der Waals surface area contributed by atoms with E-state index in [1.165, 1.54) is 4.90 Å². The van der Waals surface area contributed by atoms with Gasteiger partial charge in [-0.1, -0.05) is 17.7 Å². The summed E-state index contributed by atoms with van der Waals surface area (Å²) in [6.45, 7) is 0. The SMILES string of the molecule is CN(C)C(=O)C(Cl)c1ccc(Cl)c2cccnc12. The number of likely N-dealkylation sites (N-methyl/N-ethyl adjacent to an activating group) is 1. The van der Waals surface area contributed by atoms with Crippen LogP contribution in [0.2, 0.25) is 5.02 Å². The highest BCUT2D eigenvalue weighted by Gasteiger charge is 2.22. The summed E-state index contributed by atoms with van der Waals surface area (Å²) >= 11 is 12.3. The van der Waals surface area contributed by atoms with Crippen LogP contribution in [-0.2, 0) is 4.79 Å². The molecule has 0 bridgehead atoms. The number of amides is 1. The summed E-state index contributed by atoms with van der Waals surface area (Å²) in [6.07, 6.45) is 1.66. The smallest absolute Gasteiger partial charge is 0.244 e. The Balaban J connectivity index is 2.59. The van der Waals surface area contributed by atoms with E-state index >= 15 is 0 Å². The number of pyridine rings is 1. The number of rotatable bonds is 2. The number of aromatic nitrogens is 1. The van der Waals surface area contributed by atoms with Gasteiger partial charge >= 0.3 is 0 Å². The van der Waals surface area contributed by atoms with Gasteiger partial charge in [-0.15, -0.1) is 11.6 Å². The molecule has 1 aromatic heterocycles. The topological polar surface area (TPSA) is 33.2 Å². The van der Waals surface area contributed by atoms with Crippen LogP contribution >= 0.6 is 23.2 Å². The van der Waals surface area contributed by atoms with Gasteiger partial charge in [0.15, 0.2) is 0 Å². The summed E-state index contributed by atoms with van der Waals surface area (Å²) in [4.78, 5) is 17.6. The molecule has 1 aromatic carbocycles. The third-order valence-corrected chi connectivity index (χ3v) is 3.43. The summed E-state index contributed by atoms with van der Waals surface area (Å²) in [5, 5.41) is 0.645. The third kappa shape index (κ3) is 2.28. The Kier molecular flexibility index (Phi) is 3.73. The minimum absolute atomic E-state index is 0.175. The van der Waals surface area contributed by atoms with Gasteiger partial charge in [-0.3, -0.25) is 9.78 Å². The molecule has 2 aromatic rings. The molecule has 2 rings (SSSR count). The lowest BCUT2D eigenvalue weighted by molar-refractivity contribution is -0.128. The second-order valence-electron chi connectivity index (χ2n) is 4.13. The molecule has 1 heterocycles. The molecule has 18 heavy (non-hydrogen) atoms. The molecule has 3 nitrogen and oxygen atoms in total. The highest BCUT2D eigenvalue weighted by molar-refractivity contribution is 6.36. The Morgan fingerprint density at radius 2 is 2.06 bits per heavy atom. The Morgan fingerprint density at radius 3 is 2.72 bits per heavy atom. The third-order valence-electron chi connectivity index (χ3n) is 2.68. The van der Waals surface area contributed by atoms with Crippen molar-refractivity contribution in [2.75, 3.05) is 14.1 Å². The number of carbonyl (C=O) groups is 1. The molecule has 0 radical (unpaired) electrons. The second-order valence-corrected chi connectivity index (χ2v) is 4.98. The van der Waals surface area contributed by atoms with Crippen LogP contribution in [0.1, 0.15) is 10.9 Å². The van der Waals surface area contributed by atoms with Crippen molar-refractivity contribution in [3.8, 4) is 0 Å². The maximum atomic E-state index is 11.9. The highest BCUT2D eigenvalue weighted by atomic mass is 35.5. The molecular formula is C13H12Cl2N2O. The predicted octanol–water partition coefficient (Wildman–Crippen LogP) is 3.26. The fourth-order valence-electron chi connectivity index (χ4n) is 1.72. The summed E-state index contributed by atoms with van der Waals surface area (Å²) < 4.78 is 0. The summed E-state index contributed by atoms with van der Waals surface area (Å²) in [5.41, 5.74) is 1.34. The Bertz CT molecular complexity index is 599. The van der Waals surface area contributed by atoms with Crippen molar-refractivity contribution in [3.05, 3.63) is 41.0 Å². The van der Waals surface area contributed by atoms with E-state index in [1.807, 2.05) is 6.07 Å². The number of benzene rings is 1. The van der Waals surface area contributed by atoms with Crippen LogP contribution in [0.25, 0.3) is 10.9 Å². The molecule has 94 valence electrons. The lowest BCUT2D eigenvalue weighted by atomic mass is 10.1. The zero-order valence-electron chi connectivity index (χ0n) is 10.0. The van der Waals surface area contributed by atoms with E-state index in [0.29, 0.717) is 16.1 Å². The van der Waals surface area contributed by atoms with Crippen molar-refractivity contribution in [2.45, 2.75) is 5.38 Å². The number of hydrogen-bond donors (Lipinski definition) is 0. The van der Waals surface area contributed by atoms with Gasteiger partial charge < -0.3 is 4.90 Å². The minimum Gasteiger partial charge on any atom is -0.347 e. The van der Waals surface area contributed by atoms with E-state index in [0.717, 1.165) is 5.39 Å². The molecule has 0 spiro atoms. The molecule has 0 saturated heterocycles. The fraction of sp³-hybridized carbons (Fsp3) is 0.231. The van der Waals surface area contributed by atoms with E-state index in [9.17, 15) is 4.79 Å². The zero-order valence-corrected chi connectivity index (χ0v) is 11.5. The number of carbonyl (C=O) groups excluding carboxylic acids is 1. The van der Waals surface area contributed by atoms with Crippen LogP contribution in [0.15, 0.2) is 30.5 Å². The van der Waals surface area contributed by atoms with E-state index < -0.39 is 5.38 Å². The quantitative estimate of drug-likeness (QED) is 0.793. The van der Waals surface area contributed by atoms with Gasteiger partial charge in [-0.25, -0.2) is 0 Å². The summed E-state index contributed by atoms with van der Waals surface area (Å²) in [7, 11) is 3.34. The average Bonchev–Trinajstić information content (AvgIpc) is 2.38. The van der Waals surface area contributed by atoms with Crippen molar-refractivity contribution >= 4 is 40.0 Å². The fourth-order valence-corrected chi connectivity index (χ4v) is 2.31. The molecule has 0 aliphatic heterocycles. The van der Waals surface area contributed by atoms with Gasteiger partial charge in [-0.05, 0) is 18.2 Å². The molecule has 0 aliphatic carbocycles. The first-order chi connectivity index (χ1) is 8.52. The van der Waals surface area contributed by atoms with Gasteiger partial charge in [0.1, 0.15) is 5.38 Å². The monoisotopic (exact) mass is 282 g/mol. The van der Waals surface area contributed by atoms with Crippen molar-refractivity contribution in [1.82, 2.24) is 9.88 Å². The maximum Gasteiger partial charge on any atom is 0.244 e. The molecule has 5 heteroatoms. The highest BCUT2D eigenvalue weighted by Crippen LogP contribution is 2.32.